The van der Waals surface area contributed by atoms with E-state index in [1.165, 1.54) is 14.2 Å². The van der Waals surface area contributed by atoms with Gasteiger partial charge in [0.25, 0.3) is 0 Å². The van der Waals surface area contributed by atoms with Crippen LogP contribution >= 0.6 is 0 Å². The predicted octanol–water partition coefficient (Wildman–Crippen LogP) is 3.57. The SMILES string of the molecule is COC(CCCCCCC(O)OOC(CCCCCCC=O)OC)OO. The highest BCUT2D eigenvalue weighted by atomic mass is 17.2. The number of rotatable bonds is 20. The average molecular weight is 380 g/mol. The van der Waals surface area contributed by atoms with Crippen LogP contribution in [-0.4, -0.2) is 49.7 Å². The first-order chi connectivity index (χ1) is 12.7. The van der Waals surface area contributed by atoms with Gasteiger partial charge >= 0.3 is 0 Å². The van der Waals surface area contributed by atoms with Crippen molar-refractivity contribution >= 4 is 6.29 Å². The Morgan fingerprint density at radius 2 is 1.31 bits per heavy atom. The molecule has 8 nitrogen and oxygen atoms in total. The van der Waals surface area contributed by atoms with E-state index in [1.54, 1.807) is 0 Å². The summed E-state index contributed by atoms with van der Waals surface area (Å²) >= 11 is 0. The zero-order valence-corrected chi connectivity index (χ0v) is 16.1. The molecular weight excluding hydrogens is 344 g/mol. The van der Waals surface area contributed by atoms with Gasteiger partial charge < -0.3 is 19.4 Å². The summed E-state index contributed by atoms with van der Waals surface area (Å²) in [5, 5.41) is 18.3. The largest absolute Gasteiger partial charge is 0.366 e. The van der Waals surface area contributed by atoms with Crippen molar-refractivity contribution < 1.29 is 39.3 Å². The lowest BCUT2D eigenvalue weighted by atomic mass is 10.1. The summed E-state index contributed by atoms with van der Waals surface area (Å²) in [4.78, 5) is 24.5. The Morgan fingerprint density at radius 3 is 1.85 bits per heavy atom. The number of methoxy groups -OCH3 is 2. The minimum atomic E-state index is -0.979. The van der Waals surface area contributed by atoms with Crippen molar-refractivity contribution in [2.24, 2.45) is 0 Å². The lowest BCUT2D eigenvalue weighted by Gasteiger charge is -2.17. The first-order valence-electron chi connectivity index (χ1n) is 9.47. The van der Waals surface area contributed by atoms with Gasteiger partial charge in [-0.05, 0) is 25.7 Å². The molecule has 0 radical (unpaired) electrons. The van der Waals surface area contributed by atoms with E-state index in [1.807, 2.05) is 0 Å². The second-order valence-corrected chi connectivity index (χ2v) is 6.23. The predicted molar refractivity (Wildman–Crippen MR) is 95.0 cm³/mol. The molecule has 0 aliphatic carbocycles. The third kappa shape index (κ3) is 15.6. The molecule has 0 heterocycles. The minimum Gasteiger partial charge on any atom is -0.366 e. The molecule has 26 heavy (non-hydrogen) atoms. The van der Waals surface area contributed by atoms with Gasteiger partial charge in [-0.2, -0.15) is 0 Å². The van der Waals surface area contributed by atoms with E-state index in [2.05, 4.69) is 4.89 Å². The van der Waals surface area contributed by atoms with E-state index >= 15 is 0 Å². The zero-order valence-electron chi connectivity index (χ0n) is 16.1. The Kier molecular flexibility index (Phi) is 18.7. The van der Waals surface area contributed by atoms with E-state index in [4.69, 9.17) is 24.5 Å². The van der Waals surface area contributed by atoms with Crippen molar-refractivity contribution in [3.63, 3.8) is 0 Å². The molecule has 0 amide bonds. The summed E-state index contributed by atoms with van der Waals surface area (Å²) in [6, 6.07) is 0. The first-order valence-corrected chi connectivity index (χ1v) is 9.47. The Bertz CT molecular complexity index is 299. The van der Waals surface area contributed by atoms with Crippen LogP contribution in [0.15, 0.2) is 0 Å². The molecule has 0 rings (SSSR count). The number of aliphatic hydroxyl groups is 1. The van der Waals surface area contributed by atoms with Crippen molar-refractivity contribution in [2.75, 3.05) is 14.2 Å². The second-order valence-electron chi connectivity index (χ2n) is 6.23. The normalized spacial score (nSPS) is 14.9. The lowest BCUT2D eigenvalue weighted by molar-refractivity contribution is -0.427. The molecule has 0 saturated carbocycles. The van der Waals surface area contributed by atoms with Gasteiger partial charge in [0.15, 0.2) is 18.9 Å². The van der Waals surface area contributed by atoms with E-state index in [0.29, 0.717) is 25.7 Å². The number of aldehydes is 1. The van der Waals surface area contributed by atoms with Gasteiger partial charge in [0.2, 0.25) is 0 Å². The summed E-state index contributed by atoms with van der Waals surface area (Å²) in [5.74, 6) is 0. The van der Waals surface area contributed by atoms with E-state index in [-0.39, 0.29) is 0 Å². The van der Waals surface area contributed by atoms with Gasteiger partial charge in [0.05, 0.1) is 0 Å². The smallest absolute Gasteiger partial charge is 0.190 e. The van der Waals surface area contributed by atoms with Crippen LogP contribution in [0.3, 0.4) is 0 Å². The molecule has 2 N–H and O–H groups in total. The van der Waals surface area contributed by atoms with Crippen molar-refractivity contribution in [3.8, 4) is 0 Å². The fraction of sp³-hybridized carbons (Fsp3) is 0.944. The molecule has 3 atom stereocenters. The van der Waals surface area contributed by atoms with Crippen LogP contribution in [0.25, 0.3) is 0 Å². The number of hydrogen-bond acceptors (Lipinski definition) is 8. The Morgan fingerprint density at radius 1 is 0.769 bits per heavy atom. The van der Waals surface area contributed by atoms with E-state index in [9.17, 15) is 9.90 Å². The Hall–Kier alpha value is -0.610. The molecule has 0 aromatic rings. The van der Waals surface area contributed by atoms with Gasteiger partial charge in [0, 0.05) is 39.9 Å². The molecule has 156 valence electrons. The summed E-state index contributed by atoms with van der Waals surface area (Å²) in [7, 11) is 3.02. The number of carbonyl (C=O) groups excluding carboxylic acids is 1. The van der Waals surface area contributed by atoms with Crippen molar-refractivity contribution in [1.29, 1.82) is 0 Å². The number of unbranched alkanes of at least 4 members (excludes halogenated alkanes) is 7. The second kappa shape index (κ2) is 19.2. The summed E-state index contributed by atoms with van der Waals surface area (Å²) in [5.41, 5.74) is 0. The van der Waals surface area contributed by atoms with Crippen LogP contribution in [0.2, 0.25) is 0 Å². The highest BCUT2D eigenvalue weighted by Crippen LogP contribution is 2.14. The molecule has 3 unspecified atom stereocenters. The summed E-state index contributed by atoms with van der Waals surface area (Å²) < 4.78 is 10.1. The highest BCUT2D eigenvalue weighted by molar-refractivity contribution is 5.48. The quantitative estimate of drug-likeness (QED) is 0.109. The number of ether oxygens (including phenoxy) is 2. The van der Waals surface area contributed by atoms with Crippen LogP contribution in [0.1, 0.15) is 77.0 Å². The fourth-order valence-electron chi connectivity index (χ4n) is 2.47. The molecule has 0 saturated heterocycles. The van der Waals surface area contributed by atoms with E-state index < -0.39 is 18.9 Å². The maximum absolute atomic E-state index is 10.2. The standard InChI is InChI=1S/C18H36O8/c1-22-17(24-21)13-9-6-5-8-12-16(20)25-26-18(23-2)14-10-4-3-7-11-15-19/h15-18,20-21H,3-14H2,1-2H3. The van der Waals surface area contributed by atoms with Gasteiger partial charge in [-0.1, -0.05) is 25.7 Å². The van der Waals surface area contributed by atoms with Crippen LogP contribution in [0.4, 0.5) is 0 Å². The van der Waals surface area contributed by atoms with Crippen LogP contribution in [0, 0.1) is 0 Å². The van der Waals surface area contributed by atoms with Crippen LogP contribution < -0.4 is 0 Å². The van der Waals surface area contributed by atoms with Crippen molar-refractivity contribution in [1.82, 2.24) is 0 Å². The fourth-order valence-corrected chi connectivity index (χ4v) is 2.47. The van der Waals surface area contributed by atoms with Crippen LogP contribution in [0.5, 0.6) is 0 Å². The molecule has 0 fully saturated rings. The molecule has 0 spiro atoms. The van der Waals surface area contributed by atoms with E-state index in [0.717, 1.165) is 57.7 Å². The molecule has 0 aromatic carbocycles. The van der Waals surface area contributed by atoms with Crippen LogP contribution in [-0.2, 0) is 28.9 Å². The van der Waals surface area contributed by atoms with Gasteiger partial charge in [0.1, 0.15) is 6.29 Å². The topological polar surface area (TPSA) is 104 Å². The van der Waals surface area contributed by atoms with Gasteiger partial charge in [-0.15, -0.1) is 0 Å². The Balaban J connectivity index is 3.56. The molecule has 8 heteroatoms. The summed E-state index contributed by atoms with van der Waals surface area (Å²) in [6.45, 7) is 0. The molecular formula is C18H36O8. The van der Waals surface area contributed by atoms with Crippen molar-refractivity contribution in [3.05, 3.63) is 0 Å². The number of carbonyl (C=O) groups is 1. The van der Waals surface area contributed by atoms with Gasteiger partial charge in [-0.3, -0.25) is 0 Å². The maximum atomic E-state index is 10.2. The maximum Gasteiger partial charge on any atom is 0.190 e. The summed E-state index contributed by atoms with van der Waals surface area (Å²) in [6.07, 6.45) is 8.66. The number of aliphatic hydroxyl groups excluding tert-OH is 1. The lowest BCUT2D eigenvalue weighted by Crippen LogP contribution is -2.21. The highest BCUT2D eigenvalue weighted by Gasteiger charge is 2.12. The van der Waals surface area contributed by atoms with Gasteiger partial charge in [-0.25, -0.2) is 19.9 Å². The molecule has 0 aliphatic heterocycles. The zero-order chi connectivity index (χ0) is 19.5. The molecule has 0 aliphatic rings. The monoisotopic (exact) mass is 380 g/mol. The molecule has 0 aromatic heterocycles. The third-order valence-electron chi connectivity index (χ3n) is 4.07. The van der Waals surface area contributed by atoms with Crippen molar-refractivity contribution in [2.45, 2.75) is 95.9 Å². The minimum absolute atomic E-state index is 0.479. The Labute approximate surface area is 156 Å². The number of hydrogen-bond donors (Lipinski definition) is 2. The average Bonchev–Trinajstić information content (AvgIpc) is 2.66. The molecule has 0 bridgehead atoms. The third-order valence-corrected chi connectivity index (χ3v) is 4.07. The first kappa shape index (κ1) is 25.4.